The van der Waals surface area contributed by atoms with Crippen LogP contribution in [0.3, 0.4) is 0 Å². The number of hydrogen-bond acceptors (Lipinski definition) is 4. The summed E-state index contributed by atoms with van der Waals surface area (Å²) in [4.78, 5) is 23.0. The molecule has 0 bridgehead atoms. The van der Waals surface area contributed by atoms with Gasteiger partial charge in [0.1, 0.15) is 6.04 Å². The molecule has 2 amide bonds. The fraction of sp³-hybridized carbons (Fsp3) is 0.833. The maximum atomic E-state index is 11.9. The van der Waals surface area contributed by atoms with Crippen molar-refractivity contribution in [3.05, 3.63) is 0 Å². The van der Waals surface area contributed by atoms with Crippen molar-refractivity contribution in [3.63, 3.8) is 0 Å². The van der Waals surface area contributed by atoms with Crippen molar-refractivity contribution in [2.45, 2.75) is 37.3 Å². The third kappa shape index (κ3) is 3.00. The van der Waals surface area contributed by atoms with Gasteiger partial charge >= 0.3 is 0 Å². The quantitative estimate of drug-likeness (QED) is 0.598. The average molecular weight is 255 g/mol. The second-order valence-corrected chi connectivity index (χ2v) is 5.12. The molecule has 2 aliphatic rings. The number of methoxy groups -OCH3 is 1. The Balaban J connectivity index is 1.82. The van der Waals surface area contributed by atoms with Crippen LogP contribution in [-0.2, 0) is 14.3 Å². The SMILES string of the molecule is COCC1(CNC(=O)C2CCC(=O)N2)CCCN1. The van der Waals surface area contributed by atoms with Crippen molar-refractivity contribution >= 4 is 11.8 Å². The molecule has 0 aromatic heterocycles. The lowest BCUT2D eigenvalue weighted by atomic mass is 9.98. The lowest BCUT2D eigenvalue weighted by Gasteiger charge is -2.29. The monoisotopic (exact) mass is 255 g/mol. The molecule has 2 heterocycles. The standard InChI is InChI=1S/C12H21N3O3/c1-18-8-12(5-2-6-14-12)7-13-11(17)9-3-4-10(16)15-9/h9,14H,2-8H2,1H3,(H,13,17)(H,15,16). The van der Waals surface area contributed by atoms with Gasteiger partial charge in [-0.3, -0.25) is 9.59 Å². The van der Waals surface area contributed by atoms with Crippen LogP contribution in [0.4, 0.5) is 0 Å². The third-order valence-corrected chi connectivity index (χ3v) is 3.67. The topological polar surface area (TPSA) is 79.5 Å². The minimum Gasteiger partial charge on any atom is -0.383 e. The van der Waals surface area contributed by atoms with Crippen LogP contribution in [0.25, 0.3) is 0 Å². The molecule has 2 rings (SSSR count). The Labute approximate surface area is 107 Å². The van der Waals surface area contributed by atoms with Gasteiger partial charge in [-0.2, -0.15) is 0 Å². The molecular formula is C12H21N3O3. The highest BCUT2D eigenvalue weighted by Gasteiger charge is 2.35. The zero-order valence-electron chi connectivity index (χ0n) is 10.8. The molecular weight excluding hydrogens is 234 g/mol. The smallest absolute Gasteiger partial charge is 0.242 e. The Morgan fingerprint density at radius 2 is 2.44 bits per heavy atom. The van der Waals surface area contributed by atoms with E-state index in [0.29, 0.717) is 26.0 Å². The van der Waals surface area contributed by atoms with Gasteiger partial charge in [0, 0.05) is 20.1 Å². The van der Waals surface area contributed by atoms with Crippen LogP contribution < -0.4 is 16.0 Å². The molecule has 0 aromatic rings. The minimum absolute atomic E-state index is 0.0410. The summed E-state index contributed by atoms with van der Waals surface area (Å²) in [6.45, 7) is 2.09. The summed E-state index contributed by atoms with van der Waals surface area (Å²) in [5.74, 6) is -0.134. The second-order valence-electron chi connectivity index (χ2n) is 5.12. The summed E-state index contributed by atoms with van der Waals surface area (Å²) in [6.07, 6.45) is 3.13. The van der Waals surface area contributed by atoms with Crippen molar-refractivity contribution in [3.8, 4) is 0 Å². The lowest BCUT2D eigenvalue weighted by molar-refractivity contribution is -0.126. The van der Waals surface area contributed by atoms with E-state index in [2.05, 4.69) is 16.0 Å². The largest absolute Gasteiger partial charge is 0.383 e. The van der Waals surface area contributed by atoms with E-state index in [9.17, 15) is 9.59 Å². The first-order valence-corrected chi connectivity index (χ1v) is 6.46. The summed E-state index contributed by atoms with van der Waals surface area (Å²) in [7, 11) is 1.67. The molecule has 2 saturated heterocycles. The van der Waals surface area contributed by atoms with Gasteiger partial charge in [0.15, 0.2) is 0 Å². The molecule has 2 atom stereocenters. The van der Waals surface area contributed by atoms with Gasteiger partial charge in [0.25, 0.3) is 0 Å². The van der Waals surface area contributed by atoms with Crippen LogP contribution in [0, 0.1) is 0 Å². The molecule has 0 saturated carbocycles. The van der Waals surface area contributed by atoms with Crippen molar-refractivity contribution in [2.75, 3.05) is 26.8 Å². The highest BCUT2D eigenvalue weighted by Crippen LogP contribution is 2.19. The number of ether oxygens (including phenoxy) is 1. The number of rotatable bonds is 5. The Morgan fingerprint density at radius 3 is 3.00 bits per heavy atom. The van der Waals surface area contributed by atoms with E-state index in [1.54, 1.807) is 7.11 Å². The van der Waals surface area contributed by atoms with Crippen molar-refractivity contribution in [1.29, 1.82) is 0 Å². The summed E-state index contributed by atoms with van der Waals surface area (Å²) in [5.41, 5.74) is -0.146. The summed E-state index contributed by atoms with van der Waals surface area (Å²) in [6, 6.07) is -0.363. The summed E-state index contributed by atoms with van der Waals surface area (Å²) in [5, 5.41) is 8.99. The van der Waals surface area contributed by atoms with Gasteiger partial charge in [-0.15, -0.1) is 0 Å². The van der Waals surface area contributed by atoms with Crippen LogP contribution in [0.2, 0.25) is 0 Å². The van der Waals surface area contributed by atoms with E-state index in [4.69, 9.17) is 4.74 Å². The van der Waals surface area contributed by atoms with Gasteiger partial charge in [-0.1, -0.05) is 0 Å². The molecule has 3 N–H and O–H groups in total. The van der Waals surface area contributed by atoms with Gasteiger partial charge in [-0.25, -0.2) is 0 Å². The number of carbonyl (C=O) groups is 2. The normalized spacial score (nSPS) is 31.4. The Hall–Kier alpha value is -1.14. The zero-order chi connectivity index (χ0) is 13.0. The third-order valence-electron chi connectivity index (χ3n) is 3.67. The van der Waals surface area contributed by atoms with E-state index in [-0.39, 0.29) is 23.4 Å². The number of carbonyl (C=O) groups excluding carboxylic acids is 2. The predicted molar refractivity (Wildman–Crippen MR) is 66.0 cm³/mol. The van der Waals surface area contributed by atoms with Crippen molar-refractivity contribution < 1.29 is 14.3 Å². The van der Waals surface area contributed by atoms with E-state index in [1.807, 2.05) is 0 Å². The first kappa shape index (κ1) is 13.3. The molecule has 2 aliphatic heterocycles. The Bertz CT molecular complexity index is 327. The number of amides is 2. The van der Waals surface area contributed by atoms with Gasteiger partial charge < -0.3 is 20.7 Å². The Kier molecular flexibility index (Phi) is 4.19. The van der Waals surface area contributed by atoms with Gasteiger partial charge in [0.05, 0.1) is 12.1 Å². The minimum atomic E-state index is -0.363. The van der Waals surface area contributed by atoms with Crippen LogP contribution in [0.5, 0.6) is 0 Å². The van der Waals surface area contributed by atoms with E-state index in [0.717, 1.165) is 19.4 Å². The maximum absolute atomic E-state index is 11.9. The maximum Gasteiger partial charge on any atom is 0.242 e. The highest BCUT2D eigenvalue weighted by atomic mass is 16.5. The second kappa shape index (κ2) is 5.67. The first-order valence-electron chi connectivity index (χ1n) is 6.46. The predicted octanol–water partition coefficient (Wildman–Crippen LogP) is -0.850. The molecule has 0 aromatic carbocycles. The molecule has 2 fully saturated rings. The molecule has 0 aliphatic carbocycles. The van der Waals surface area contributed by atoms with Crippen LogP contribution in [0.15, 0.2) is 0 Å². The van der Waals surface area contributed by atoms with Crippen LogP contribution in [-0.4, -0.2) is 50.2 Å². The van der Waals surface area contributed by atoms with Crippen molar-refractivity contribution in [2.24, 2.45) is 0 Å². The lowest BCUT2D eigenvalue weighted by Crippen LogP contribution is -2.55. The fourth-order valence-corrected chi connectivity index (χ4v) is 2.66. The number of nitrogens with one attached hydrogen (secondary N) is 3. The molecule has 0 spiro atoms. The van der Waals surface area contributed by atoms with Crippen LogP contribution >= 0.6 is 0 Å². The average Bonchev–Trinajstić information content (AvgIpc) is 2.97. The fourth-order valence-electron chi connectivity index (χ4n) is 2.66. The van der Waals surface area contributed by atoms with Crippen LogP contribution in [0.1, 0.15) is 25.7 Å². The molecule has 6 nitrogen and oxygen atoms in total. The Morgan fingerprint density at radius 1 is 1.61 bits per heavy atom. The molecule has 0 radical (unpaired) electrons. The first-order chi connectivity index (χ1) is 8.65. The van der Waals surface area contributed by atoms with E-state index in [1.165, 1.54) is 0 Å². The highest BCUT2D eigenvalue weighted by molar-refractivity contribution is 5.90. The van der Waals surface area contributed by atoms with Gasteiger partial charge in [0.2, 0.25) is 11.8 Å². The molecule has 6 heteroatoms. The molecule has 102 valence electrons. The zero-order valence-corrected chi connectivity index (χ0v) is 10.8. The van der Waals surface area contributed by atoms with E-state index < -0.39 is 0 Å². The van der Waals surface area contributed by atoms with Gasteiger partial charge in [-0.05, 0) is 25.8 Å². The molecule has 18 heavy (non-hydrogen) atoms. The summed E-state index contributed by atoms with van der Waals surface area (Å²) >= 11 is 0. The summed E-state index contributed by atoms with van der Waals surface area (Å²) < 4.78 is 5.22. The van der Waals surface area contributed by atoms with Crippen molar-refractivity contribution in [1.82, 2.24) is 16.0 Å². The molecule has 2 unspecified atom stereocenters. The number of hydrogen-bond donors (Lipinski definition) is 3. The van der Waals surface area contributed by atoms with E-state index >= 15 is 0 Å².